The lowest BCUT2D eigenvalue weighted by molar-refractivity contribution is -0.143. The van der Waals surface area contributed by atoms with Gasteiger partial charge in [0.15, 0.2) is 0 Å². The molecule has 0 amide bonds. The Bertz CT molecular complexity index is 347. The smallest absolute Gasteiger partial charge is 0.306 e. The summed E-state index contributed by atoms with van der Waals surface area (Å²) in [5.74, 6) is -0.128. The van der Waals surface area contributed by atoms with Gasteiger partial charge in [0.05, 0.1) is 6.61 Å². The molecule has 0 heterocycles. The van der Waals surface area contributed by atoms with Gasteiger partial charge in [0, 0.05) is 10.9 Å². The summed E-state index contributed by atoms with van der Waals surface area (Å²) in [7, 11) is 0. The van der Waals surface area contributed by atoms with E-state index < -0.39 is 0 Å². The van der Waals surface area contributed by atoms with E-state index in [0.717, 1.165) is 10.9 Å². The van der Waals surface area contributed by atoms with Crippen molar-refractivity contribution in [2.75, 3.05) is 6.61 Å². The Labute approximate surface area is 98.8 Å². The molecule has 2 nitrogen and oxygen atoms in total. The minimum absolute atomic E-state index is 0.128. The highest BCUT2D eigenvalue weighted by atomic mass is 79.9. The summed E-state index contributed by atoms with van der Waals surface area (Å²) in [6, 6.07) is 6.03. The molecule has 1 aromatic rings. The number of rotatable bonds is 4. The highest BCUT2D eigenvalue weighted by Crippen LogP contribution is 2.20. The third-order valence-electron chi connectivity index (χ3n) is 2.28. The lowest BCUT2D eigenvalue weighted by atomic mass is 10.0. The van der Waals surface area contributed by atoms with Gasteiger partial charge in [0.2, 0.25) is 0 Å². The van der Waals surface area contributed by atoms with E-state index in [0.29, 0.717) is 13.0 Å². The molecular formula is C12H15BrO2. The first-order chi connectivity index (χ1) is 7.15. The molecular weight excluding hydrogens is 256 g/mol. The van der Waals surface area contributed by atoms with E-state index in [9.17, 15) is 4.79 Å². The maximum Gasteiger partial charge on any atom is 0.306 e. The van der Waals surface area contributed by atoms with Gasteiger partial charge in [-0.3, -0.25) is 4.79 Å². The Morgan fingerprint density at radius 1 is 1.47 bits per heavy atom. The van der Waals surface area contributed by atoms with Crippen molar-refractivity contribution in [3.63, 3.8) is 0 Å². The van der Waals surface area contributed by atoms with Gasteiger partial charge >= 0.3 is 5.97 Å². The van der Waals surface area contributed by atoms with Crippen molar-refractivity contribution < 1.29 is 9.53 Å². The molecule has 0 aliphatic carbocycles. The van der Waals surface area contributed by atoms with E-state index in [1.165, 1.54) is 11.1 Å². The van der Waals surface area contributed by atoms with Crippen LogP contribution in [0, 0.1) is 6.92 Å². The summed E-state index contributed by atoms with van der Waals surface area (Å²) in [6.45, 7) is 4.32. The van der Waals surface area contributed by atoms with Gasteiger partial charge in [-0.25, -0.2) is 0 Å². The monoisotopic (exact) mass is 270 g/mol. The van der Waals surface area contributed by atoms with Gasteiger partial charge in [0.1, 0.15) is 0 Å². The highest BCUT2D eigenvalue weighted by Gasteiger charge is 2.05. The van der Waals surface area contributed by atoms with Crippen molar-refractivity contribution in [1.82, 2.24) is 0 Å². The highest BCUT2D eigenvalue weighted by molar-refractivity contribution is 9.10. The predicted molar refractivity (Wildman–Crippen MR) is 63.8 cm³/mol. The molecule has 0 saturated carbocycles. The summed E-state index contributed by atoms with van der Waals surface area (Å²) in [4.78, 5) is 11.2. The Morgan fingerprint density at radius 3 is 2.87 bits per heavy atom. The molecule has 3 heteroatoms. The lowest BCUT2D eigenvalue weighted by Crippen LogP contribution is -2.05. The van der Waals surface area contributed by atoms with Crippen LogP contribution in [0.25, 0.3) is 0 Å². The number of benzene rings is 1. The molecule has 0 aromatic heterocycles. The average molecular weight is 271 g/mol. The molecule has 1 aromatic carbocycles. The largest absolute Gasteiger partial charge is 0.466 e. The van der Waals surface area contributed by atoms with Crippen LogP contribution in [0.2, 0.25) is 0 Å². The first-order valence-corrected chi connectivity index (χ1v) is 5.84. The van der Waals surface area contributed by atoms with Crippen molar-refractivity contribution in [3.8, 4) is 0 Å². The summed E-state index contributed by atoms with van der Waals surface area (Å²) < 4.78 is 5.97. The molecule has 0 bridgehead atoms. The molecule has 0 N–H and O–H groups in total. The van der Waals surface area contributed by atoms with E-state index in [1.54, 1.807) is 0 Å². The fourth-order valence-electron chi connectivity index (χ4n) is 1.39. The van der Waals surface area contributed by atoms with Gasteiger partial charge in [-0.1, -0.05) is 28.1 Å². The number of hydrogen-bond donors (Lipinski definition) is 0. The number of aryl methyl sites for hydroxylation is 1. The molecule has 0 atom stereocenters. The van der Waals surface area contributed by atoms with E-state index in [2.05, 4.69) is 15.9 Å². The number of ether oxygens (including phenoxy) is 1. The summed E-state index contributed by atoms with van der Waals surface area (Å²) in [5.41, 5.74) is 2.39. The minimum Gasteiger partial charge on any atom is -0.466 e. The van der Waals surface area contributed by atoms with Crippen LogP contribution in [-0.2, 0) is 16.0 Å². The molecule has 0 radical (unpaired) electrons. The van der Waals surface area contributed by atoms with E-state index in [-0.39, 0.29) is 5.97 Å². The molecule has 0 aliphatic heterocycles. The first-order valence-electron chi connectivity index (χ1n) is 5.04. The fourth-order valence-corrected chi connectivity index (χ4v) is 1.80. The summed E-state index contributed by atoms with van der Waals surface area (Å²) in [6.07, 6.45) is 1.19. The average Bonchev–Trinajstić information content (AvgIpc) is 2.21. The molecule has 0 unspecified atom stereocenters. The fraction of sp³-hybridized carbons (Fsp3) is 0.417. The van der Waals surface area contributed by atoms with Crippen LogP contribution >= 0.6 is 15.9 Å². The van der Waals surface area contributed by atoms with Gasteiger partial charge in [-0.05, 0) is 37.5 Å². The van der Waals surface area contributed by atoms with E-state index >= 15 is 0 Å². The van der Waals surface area contributed by atoms with Crippen molar-refractivity contribution >= 4 is 21.9 Å². The quantitative estimate of drug-likeness (QED) is 0.786. The number of hydrogen-bond acceptors (Lipinski definition) is 2. The van der Waals surface area contributed by atoms with Crippen molar-refractivity contribution in [3.05, 3.63) is 33.8 Å². The summed E-state index contributed by atoms with van der Waals surface area (Å²) >= 11 is 3.47. The minimum atomic E-state index is -0.128. The van der Waals surface area contributed by atoms with Gasteiger partial charge in [-0.2, -0.15) is 0 Å². The van der Waals surface area contributed by atoms with Gasteiger partial charge in [0.25, 0.3) is 0 Å². The second-order valence-corrected chi connectivity index (χ2v) is 4.18. The topological polar surface area (TPSA) is 26.3 Å². The molecule has 15 heavy (non-hydrogen) atoms. The summed E-state index contributed by atoms with van der Waals surface area (Å²) in [5, 5.41) is 0. The Kier molecular flexibility index (Phi) is 4.82. The van der Waals surface area contributed by atoms with Crippen LogP contribution in [0.1, 0.15) is 24.5 Å². The predicted octanol–water partition coefficient (Wildman–Crippen LogP) is 3.25. The standard InChI is InChI=1S/C12H15BrO2/c1-3-15-12(14)8-7-10-5-4-6-11(13)9(10)2/h4-6H,3,7-8H2,1-2H3. The lowest BCUT2D eigenvalue weighted by Gasteiger charge is -2.07. The molecule has 82 valence electrons. The number of carbonyl (C=O) groups is 1. The van der Waals surface area contributed by atoms with Crippen LogP contribution in [0.5, 0.6) is 0 Å². The normalized spacial score (nSPS) is 10.1. The Morgan fingerprint density at radius 2 is 2.20 bits per heavy atom. The third kappa shape index (κ3) is 3.67. The van der Waals surface area contributed by atoms with E-state index in [1.807, 2.05) is 32.0 Å². The first kappa shape index (κ1) is 12.2. The zero-order valence-corrected chi connectivity index (χ0v) is 10.6. The van der Waals surface area contributed by atoms with Crippen LogP contribution in [0.3, 0.4) is 0 Å². The van der Waals surface area contributed by atoms with Crippen molar-refractivity contribution in [1.29, 1.82) is 0 Å². The van der Waals surface area contributed by atoms with Crippen molar-refractivity contribution in [2.45, 2.75) is 26.7 Å². The third-order valence-corrected chi connectivity index (χ3v) is 3.14. The zero-order chi connectivity index (χ0) is 11.3. The van der Waals surface area contributed by atoms with Crippen molar-refractivity contribution in [2.24, 2.45) is 0 Å². The van der Waals surface area contributed by atoms with E-state index in [4.69, 9.17) is 4.74 Å². The van der Waals surface area contributed by atoms with Gasteiger partial charge in [-0.15, -0.1) is 0 Å². The SMILES string of the molecule is CCOC(=O)CCc1cccc(Br)c1C. The second-order valence-electron chi connectivity index (χ2n) is 3.33. The maximum atomic E-state index is 11.2. The molecule has 1 rings (SSSR count). The van der Waals surface area contributed by atoms with Crippen LogP contribution in [0.15, 0.2) is 22.7 Å². The molecule has 0 fully saturated rings. The number of esters is 1. The molecule has 0 saturated heterocycles. The second kappa shape index (κ2) is 5.91. The molecule has 0 spiro atoms. The number of carbonyl (C=O) groups excluding carboxylic acids is 1. The maximum absolute atomic E-state index is 11.2. The van der Waals surface area contributed by atoms with Gasteiger partial charge < -0.3 is 4.74 Å². The Hall–Kier alpha value is -0.830. The zero-order valence-electron chi connectivity index (χ0n) is 9.05. The molecule has 0 aliphatic rings. The van der Waals surface area contributed by atoms with Crippen LogP contribution in [-0.4, -0.2) is 12.6 Å². The van der Waals surface area contributed by atoms with Crippen LogP contribution in [0.4, 0.5) is 0 Å². The Balaban J connectivity index is 2.58. The van der Waals surface area contributed by atoms with Crippen LogP contribution < -0.4 is 0 Å². The number of halogens is 1.